The number of hydrogen-bond donors (Lipinski definition) is 0. The molecule has 1 aliphatic heterocycles. The van der Waals surface area contributed by atoms with E-state index in [2.05, 4.69) is 52.9 Å². The molecule has 76 valence electrons. The molecule has 1 heterocycles. The molecule has 1 fully saturated rings. The van der Waals surface area contributed by atoms with Crippen molar-refractivity contribution in [3.05, 3.63) is 35.9 Å². The molecule has 14 heavy (non-hydrogen) atoms. The van der Waals surface area contributed by atoms with E-state index in [-0.39, 0.29) is 0 Å². The van der Waals surface area contributed by atoms with Crippen LogP contribution in [0.3, 0.4) is 0 Å². The van der Waals surface area contributed by atoms with Crippen molar-refractivity contribution in [2.45, 2.75) is 29.3 Å². The Labute approximate surface area is 99.0 Å². The molecule has 2 unspecified atom stereocenters. The van der Waals surface area contributed by atoms with E-state index in [9.17, 15) is 0 Å². The molecule has 1 saturated heterocycles. The summed E-state index contributed by atoms with van der Waals surface area (Å²) in [5.41, 5.74) is 1.42. The van der Waals surface area contributed by atoms with Crippen molar-refractivity contribution in [1.29, 1.82) is 0 Å². The van der Waals surface area contributed by atoms with Gasteiger partial charge >= 0.3 is 0 Å². The van der Waals surface area contributed by atoms with Gasteiger partial charge in [0.15, 0.2) is 0 Å². The average Bonchev–Trinajstić information content (AvgIpc) is 2.72. The Balaban J connectivity index is 1.90. The topological polar surface area (TPSA) is 9.23 Å². The molecule has 1 aromatic rings. The third-order valence-corrected chi connectivity index (χ3v) is 3.88. The fraction of sp³-hybridized carbons (Fsp3) is 0.500. The third kappa shape index (κ3) is 2.70. The fourth-order valence-corrected chi connectivity index (χ4v) is 2.93. The molecule has 0 aromatic heterocycles. The lowest BCUT2D eigenvalue weighted by molar-refractivity contribution is 0.112. The van der Waals surface area contributed by atoms with Crippen LogP contribution in [0.1, 0.15) is 18.4 Å². The first kappa shape index (κ1) is 10.4. The van der Waals surface area contributed by atoms with Crippen LogP contribution in [-0.4, -0.2) is 16.6 Å². The predicted octanol–water partition coefficient (Wildman–Crippen LogP) is 3.21. The van der Waals surface area contributed by atoms with Gasteiger partial charge in [0.1, 0.15) is 0 Å². The monoisotopic (exact) mass is 302 g/mol. The highest BCUT2D eigenvalue weighted by molar-refractivity contribution is 14.1. The van der Waals surface area contributed by atoms with Gasteiger partial charge in [-0.2, -0.15) is 0 Å². The number of rotatable bonds is 3. The maximum absolute atomic E-state index is 5.68. The molecule has 0 spiro atoms. The summed E-state index contributed by atoms with van der Waals surface area (Å²) in [7, 11) is 0. The number of benzene rings is 1. The van der Waals surface area contributed by atoms with Crippen LogP contribution in [-0.2, 0) is 11.2 Å². The molecule has 0 amide bonds. The first-order valence-corrected chi connectivity index (χ1v) is 6.40. The Morgan fingerprint density at radius 3 is 2.79 bits per heavy atom. The molecule has 2 heteroatoms. The maximum atomic E-state index is 5.68. The summed E-state index contributed by atoms with van der Waals surface area (Å²) in [6, 6.07) is 10.7. The Bertz CT molecular complexity index is 267. The molecule has 1 aliphatic rings. The van der Waals surface area contributed by atoms with Crippen molar-refractivity contribution in [2.75, 3.05) is 6.61 Å². The number of hydrogen-bond acceptors (Lipinski definition) is 1. The lowest BCUT2D eigenvalue weighted by Gasteiger charge is -2.16. The van der Waals surface area contributed by atoms with Crippen molar-refractivity contribution in [3.8, 4) is 0 Å². The van der Waals surface area contributed by atoms with Crippen molar-refractivity contribution in [3.63, 3.8) is 0 Å². The van der Waals surface area contributed by atoms with Gasteiger partial charge in [0.25, 0.3) is 0 Å². The van der Waals surface area contributed by atoms with Gasteiger partial charge in [-0.25, -0.2) is 0 Å². The first-order valence-electron chi connectivity index (χ1n) is 5.16. The second kappa shape index (κ2) is 5.12. The summed E-state index contributed by atoms with van der Waals surface area (Å²) in [6.07, 6.45) is 4.08. The van der Waals surface area contributed by atoms with E-state index in [4.69, 9.17) is 4.74 Å². The molecule has 0 aliphatic carbocycles. The number of ether oxygens (including phenoxy) is 1. The Hall–Kier alpha value is -0.0900. The van der Waals surface area contributed by atoms with Gasteiger partial charge in [-0.15, -0.1) is 0 Å². The SMILES string of the molecule is IC(Cc1ccccc1)C1CCCO1. The molecule has 0 saturated carbocycles. The summed E-state index contributed by atoms with van der Waals surface area (Å²) in [4.78, 5) is 0. The third-order valence-electron chi connectivity index (χ3n) is 2.64. The summed E-state index contributed by atoms with van der Waals surface area (Å²) in [5, 5.41) is 0. The lowest BCUT2D eigenvalue weighted by atomic mass is 10.1. The highest BCUT2D eigenvalue weighted by Gasteiger charge is 2.23. The zero-order valence-electron chi connectivity index (χ0n) is 8.16. The molecular formula is C12H15IO. The molecule has 2 atom stereocenters. The molecule has 1 aromatic carbocycles. The minimum Gasteiger partial charge on any atom is -0.377 e. The number of alkyl halides is 1. The average molecular weight is 302 g/mol. The van der Waals surface area contributed by atoms with E-state index in [0.29, 0.717) is 10.0 Å². The molecule has 1 nitrogen and oxygen atoms in total. The van der Waals surface area contributed by atoms with Gasteiger partial charge < -0.3 is 4.74 Å². The van der Waals surface area contributed by atoms with E-state index in [1.807, 2.05) is 0 Å². The van der Waals surface area contributed by atoms with Gasteiger partial charge in [0.2, 0.25) is 0 Å². The Morgan fingerprint density at radius 1 is 1.36 bits per heavy atom. The predicted molar refractivity (Wildman–Crippen MR) is 66.9 cm³/mol. The Kier molecular flexibility index (Phi) is 3.81. The fourth-order valence-electron chi connectivity index (χ4n) is 1.86. The van der Waals surface area contributed by atoms with Gasteiger partial charge in [-0.1, -0.05) is 52.9 Å². The van der Waals surface area contributed by atoms with Crippen LogP contribution in [0.5, 0.6) is 0 Å². The standard InChI is InChI=1S/C12H15IO/c13-11(12-7-4-8-14-12)9-10-5-2-1-3-6-10/h1-3,5-6,11-12H,4,7-9H2. The zero-order chi connectivity index (χ0) is 9.80. The van der Waals surface area contributed by atoms with Crippen LogP contribution in [0.25, 0.3) is 0 Å². The largest absolute Gasteiger partial charge is 0.377 e. The highest BCUT2D eigenvalue weighted by Crippen LogP contribution is 2.24. The summed E-state index contributed by atoms with van der Waals surface area (Å²) >= 11 is 2.52. The normalized spacial score (nSPS) is 23.6. The van der Waals surface area contributed by atoms with Crippen LogP contribution in [0.4, 0.5) is 0 Å². The van der Waals surface area contributed by atoms with Crippen LogP contribution in [0.2, 0.25) is 0 Å². The Morgan fingerprint density at radius 2 is 2.14 bits per heavy atom. The minimum atomic E-state index is 0.482. The maximum Gasteiger partial charge on any atom is 0.0696 e. The van der Waals surface area contributed by atoms with Crippen molar-refractivity contribution in [1.82, 2.24) is 0 Å². The van der Waals surface area contributed by atoms with Gasteiger partial charge in [0.05, 0.1) is 6.10 Å². The van der Waals surface area contributed by atoms with Gasteiger partial charge in [0, 0.05) is 10.5 Å². The summed E-state index contributed by atoms with van der Waals surface area (Å²) in [5.74, 6) is 0. The molecule has 2 rings (SSSR count). The first-order chi connectivity index (χ1) is 6.86. The molecular weight excluding hydrogens is 287 g/mol. The smallest absolute Gasteiger partial charge is 0.0696 e. The quantitative estimate of drug-likeness (QED) is 0.615. The van der Waals surface area contributed by atoms with E-state index in [0.717, 1.165) is 13.0 Å². The van der Waals surface area contributed by atoms with Crippen LogP contribution >= 0.6 is 22.6 Å². The van der Waals surface area contributed by atoms with E-state index in [1.165, 1.54) is 18.4 Å². The second-order valence-electron chi connectivity index (χ2n) is 3.76. The second-order valence-corrected chi connectivity index (χ2v) is 5.36. The van der Waals surface area contributed by atoms with Crippen LogP contribution in [0, 0.1) is 0 Å². The van der Waals surface area contributed by atoms with E-state index in [1.54, 1.807) is 0 Å². The summed E-state index contributed by atoms with van der Waals surface area (Å²) in [6.45, 7) is 0.957. The van der Waals surface area contributed by atoms with E-state index >= 15 is 0 Å². The lowest BCUT2D eigenvalue weighted by Crippen LogP contribution is -2.21. The van der Waals surface area contributed by atoms with Crippen LogP contribution < -0.4 is 0 Å². The summed E-state index contributed by atoms with van der Waals surface area (Å²) < 4.78 is 6.30. The van der Waals surface area contributed by atoms with Crippen molar-refractivity contribution < 1.29 is 4.74 Å². The van der Waals surface area contributed by atoms with Gasteiger partial charge in [-0.3, -0.25) is 0 Å². The highest BCUT2D eigenvalue weighted by atomic mass is 127. The zero-order valence-corrected chi connectivity index (χ0v) is 10.3. The van der Waals surface area contributed by atoms with Crippen molar-refractivity contribution >= 4 is 22.6 Å². The van der Waals surface area contributed by atoms with Crippen LogP contribution in [0.15, 0.2) is 30.3 Å². The molecule has 0 bridgehead atoms. The minimum absolute atomic E-state index is 0.482. The molecule has 0 radical (unpaired) electrons. The number of halogens is 1. The molecule has 0 N–H and O–H groups in total. The van der Waals surface area contributed by atoms with E-state index < -0.39 is 0 Å². The van der Waals surface area contributed by atoms with Gasteiger partial charge in [-0.05, 0) is 24.8 Å². The van der Waals surface area contributed by atoms with Crippen molar-refractivity contribution in [2.24, 2.45) is 0 Å².